The summed E-state index contributed by atoms with van der Waals surface area (Å²) < 4.78 is 0. The van der Waals surface area contributed by atoms with Crippen LogP contribution in [0.2, 0.25) is 0 Å². The second-order valence-electron chi connectivity index (χ2n) is 5.75. The summed E-state index contributed by atoms with van der Waals surface area (Å²) in [6, 6.07) is 5.89. The molecule has 100 valence electrons. The molecule has 1 amide bonds. The number of aromatic nitrogens is 2. The number of likely N-dealkylation sites (tertiary alicyclic amines) is 1. The summed E-state index contributed by atoms with van der Waals surface area (Å²) in [5, 5.41) is 17.1. The molecular weight excluding hydrogens is 242 g/mol. The predicted molar refractivity (Wildman–Crippen MR) is 71.9 cm³/mol. The fourth-order valence-electron chi connectivity index (χ4n) is 2.56. The minimum Gasteiger partial charge on any atom is -0.396 e. The molecule has 1 saturated heterocycles. The van der Waals surface area contributed by atoms with Gasteiger partial charge in [-0.05, 0) is 19.1 Å². The van der Waals surface area contributed by atoms with E-state index in [0.29, 0.717) is 18.8 Å². The number of aryl methyl sites for hydroxylation is 1. The summed E-state index contributed by atoms with van der Waals surface area (Å²) in [7, 11) is 0. The van der Waals surface area contributed by atoms with Crippen molar-refractivity contribution in [3.8, 4) is 0 Å². The van der Waals surface area contributed by atoms with E-state index in [4.69, 9.17) is 0 Å². The lowest BCUT2D eigenvalue weighted by molar-refractivity contribution is -0.0155. The zero-order valence-electron chi connectivity index (χ0n) is 11.1. The van der Waals surface area contributed by atoms with E-state index in [1.807, 2.05) is 32.0 Å². The third-order valence-corrected chi connectivity index (χ3v) is 3.74. The Balaban J connectivity index is 1.89. The molecule has 2 heterocycles. The van der Waals surface area contributed by atoms with Gasteiger partial charge in [-0.3, -0.25) is 9.89 Å². The van der Waals surface area contributed by atoms with Gasteiger partial charge < -0.3 is 10.0 Å². The number of nitrogens with zero attached hydrogens (tertiary/aromatic N) is 2. The molecule has 0 unspecified atom stereocenters. The Morgan fingerprint density at radius 3 is 2.95 bits per heavy atom. The van der Waals surface area contributed by atoms with Crippen LogP contribution in [0.4, 0.5) is 0 Å². The highest BCUT2D eigenvalue weighted by Crippen LogP contribution is 2.31. The first-order valence-corrected chi connectivity index (χ1v) is 6.37. The van der Waals surface area contributed by atoms with Crippen molar-refractivity contribution in [2.45, 2.75) is 13.8 Å². The average molecular weight is 259 g/mol. The molecule has 3 rings (SSSR count). The number of rotatable bonds is 2. The molecule has 0 saturated carbocycles. The summed E-state index contributed by atoms with van der Waals surface area (Å²) >= 11 is 0. The van der Waals surface area contributed by atoms with E-state index in [0.717, 1.165) is 16.5 Å². The highest BCUT2D eigenvalue weighted by molar-refractivity contribution is 6.05. The van der Waals surface area contributed by atoms with Gasteiger partial charge in [0.25, 0.3) is 5.91 Å². The SMILES string of the molecule is Cc1ccc2[nH]nc(C(=O)N3CC(C)(CO)C3)c2c1. The zero-order valence-corrected chi connectivity index (χ0v) is 11.1. The molecule has 0 spiro atoms. The van der Waals surface area contributed by atoms with E-state index in [-0.39, 0.29) is 17.9 Å². The normalized spacial score (nSPS) is 17.5. The number of carbonyl (C=O) groups is 1. The van der Waals surface area contributed by atoms with E-state index >= 15 is 0 Å². The van der Waals surface area contributed by atoms with Gasteiger partial charge >= 0.3 is 0 Å². The average Bonchev–Trinajstić information content (AvgIpc) is 2.77. The highest BCUT2D eigenvalue weighted by atomic mass is 16.3. The molecule has 2 aromatic rings. The monoisotopic (exact) mass is 259 g/mol. The molecule has 19 heavy (non-hydrogen) atoms. The quantitative estimate of drug-likeness (QED) is 0.854. The van der Waals surface area contributed by atoms with E-state index in [2.05, 4.69) is 10.2 Å². The number of carbonyl (C=O) groups excluding carboxylic acids is 1. The lowest BCUT2D eigenvalue weighted by Crippen LogP contribution is -2.58. The Hall–Kier alpha value is -1.88. The van der Waals surface area contributed by atoms with Crippen LogP contribution in [-0.2, 0) is 0 Å². The van der Waals surface area contributed by atoms with Gasteiger partial charge in [-0.2, -0.15) is 5.10 Å². The Bertz CT molecular complexity index is 641. The second kappa shape index (κ2) is 4.06. The number of aliphatic hydroxyl groups excluding tert-OH is 1. The lowest BCUT2D eigenvalue weighted by Gasteiger charge is -2.46. The summed E-state index contributed by atoms with van der Waals surface area (Å²) in [5.74, 6) is -0.0669. The number of hydrogen-bond donors (Lipinski definition) is 2. The molecule has 0 bridgehead atoms. The molecule has 0 atom stereocenters. The van der Waals surface area contributed by atoms with Crippen LogP contribution in [0, 0.1) is 12.3 Å². The van der Waals surface area contributed by atoms with Gasteiger partial charge in [0.05, 0.1) is 12.1 Å². The van der Waals surface area contributed by atoms with Crippen LogP contribution in [0.1, 0.15) is 23.0 Å². The summed E-state index contributed by atoms with van der Waals surface area (Å²) in [6.07, 6.45) is 0. The van der Waals surface area contributed by atoms with E-state index in [1.165, 1.54) is 0 Å². The first-order valence-electron chi connectivity index (χ1n) is 6.37. The number of H-pyrrole nitrogens is 1. The van der Waals surface area contributed by atoms with E-state index in [1.54, 1.807) is 4.90 Å². The van der Waals surface area contributed by atoms with Crippen molar-refractivity contribution >= 4 is 16.8 Å². The highest BCUT2D eigenvalue weighted by Gasteiger charge is 2.41. The maximum Gasteiger partial charge on any atom is 0.275 e. The van der Waals surface area contributed by atoms with Crippen molar-refractivity contribution in [3.63, 3.8) is 0 Å². The van der Waals surface area contributed by atoms with Gasteiger partial charge in [0.1, 0.15) is 0 Å². The summed E-state index contributed by atoms with van der Waals surface area (Å²) in [5.41, 5.74) is 2.29. The molecule has 1 aromatic heterocycles. The van der Waals surface area contributed by atoms with E-state index in [9.17, 15) is 9.90 Å². The predicted octanol–water partition coefficient (Wildman–Crippen LogP) is 1.33. The van der Waals surface area contributed by atoms with Gasteiger partial charge in [-0.1, -0.05) is 18.6 Å². The van der Waals surface area contributed by atoms with Crippen molar-refractivity contribution in [1.82, 2.24) is 15.1 Å². The van der Waals surface area contributed by atoms with Crippen molar-refractivity contribution < 1.29 is 9.90 Å². The Morgan fingerprint density at radius 1 is 1.53 bits per heavy atom. The minimum atomic E-state index is -0.155. The number of aliphatic hydroxyl groups is 1. The maximum atomic E-state index is 12.4. The number of aromatic amines is 1. The van der Waals surface area contributed by atoms with Crippen molar-refractivity contribution in [1.29, 1.82) is 0 Å². The molecule has 2 N–H and O–H groups in total. The van der Waals surface area contributed by atoms with Crippen molar-refractivity contribution in [3.05, 3.63) is 29.5 Å². The standard InChI is InChI=1S/C14H17N3O2/c1-9-3-4-11-10(5-9)12(16-15-11)13(19)17-6-14(2,7-17)8-18/h3-5,18H,6-8H2,1-2H3,(H,15,16). The van der Waals surface area contributed by atoms with Crippen LogP contribution < -0.4 is 0 Å². The molecule has 1 aromatic carbocycles. The molecule has 1 fully saturated rings. The molecule has 0 aliphatic carbocycles. The topological polar surface area (TPSA) is 69.2 Å². The van der Waals surface area contributed by atoms with Crippen molar-refractivity contribution in [2.24, 2.45) is 5.41 Å². The van der Waals surface area contributed by atoms with Crippen LogP contribution in [0.3, 0.4) is 0 Å². The number of amides is 1. The van der Waals surface area contributed by atoms with Crippen LogP contribution in [0.25, 0.3) is 10.9 Å². The molecule has 0 radical (unpaired) electrons. The van der Waals surface area contributed by atoms with Crippen LogP contribution >= 0.6 is 0 Å². The number of nitrogens with one attached hydrogen (secondary N) is 1. The van der Waals surface area contributed by atoms with Crippen molar-refractivity contribution in [2.75, 3.05) is 19.7 Å². The third kappa shape index (κ3) is 1.90. The first-order chi connectivity index (χ1) is 9.02. The second-order valence-corrected chi connectivity index (χ2v) is 5.75. The zero-order chi connectivity index (χ0) is 13.6. The fraction of sp³-hybridized carbons (Fsp3) is 0.429. The first kappa shape index (κ1) is 12.2. The molecule has 5 heteroatoms. The van der Waals surface area contributed by atoms with Crippen LogP contribution in [-0.4, -0.2) is 45.8 Å². The largest absolute Gasteiger partial charge is 0.396 e. The van der Waals surface area contributed by atoms with Gasteiger partial charge in [0.2, 0.25) is 0 Å². The van der Waals surface area contributed by atoms with E-state index < -0.39 is 0 Å². The van der Waals surface area contributed by atoms with Crippen LogP contribution in [0.5, 0.6) is 0 Å². The molecular formula is C14H17N3O2. The summed E-state index contributed by atoms with van der Waals surface area (Å²) in [6.45, 7) is 5.25. The maximum absolute atomic E-state index is 12.4. The molecule has 5 nitrogen and oxygen atoms in total. The smallest absolute Gasteiger partial charge is 0.275 e. The molecule has 1 aliphatic heterocycles. The number of benzene rings is 1. The third-order valence-electron chi connectivity index (χ3n) is 3.74. The van der Waals surface area contributed by atoms with Gasteiger partial charge in [0.15, 0.2) is 5.69 Å². The fourth-order valence-corrected chi connectivity index (χ4v) is 2.56. The Kier molecular flexibility index (Phi) is 2.60. The minimum absolute atomic E-state index is 0.0669. The van der Waals surface area contributed by atoms with Crippen LogP contribution in [0.15, 0.2) is 18.2 Å². The molecule has 1 aliphatic rings. The lowest BCUT2D eigenvalue weighted by atomic mass is 9.82. The summed E-state index contributed by atoms with van der Waals surface area (Å²) in [4.78, 5) is 14.1. The van der Waals surface area contributed by atoms with Gasteiger partial charge in [0, 0.05) is 23.9 Å². The Labute approximate surface area is 111 Å². The van der Waals surface area contributed by atoms with Gasteiger partial charge in [-0.25, -0.2) is 0 Å². The number of fused-ring (bicyclic) bond motifs is 1. The van der Waals surface area contributed by atoms with Gasteiger partial charge in [-0.15, -0.1) is 0 Å². The Morgan fingerprint density at radius 2 is 2.26 bits per heavy atom. The number of hydrogen-bond acceptors (Lipinski definition) is 3.